The average molecular weight is 226 g/mol. The number of nitrogens with one attached hydrogen (secondary N) is 1. The Morgan fingerprint density at radius 2 is 1.62 bits per heavy atom. The third-order valence-corrected chi connectivity index (χ3v) is 1.96. The molecule has 1 aromatic heterocycles. The van der Waals surface area contributed by atoms with Crippen molar-refractivity contribution in [2.45, 2.75) is 20.3 Å². The fraction of sp³-hybridized carbons (Fsp3) is 0.700. The Hall–Kier alpha value is -1.59. The van der Waals surface area contributed by atoms with Crippen molar-refractivity contribution in [2.24, 2.45) is 5.92 Å². The zero-order valence-corrected chi connectivity index (χ0v) is 10.1. The molecule has 1 N–H and O–H groups in total. The molecule has 6 heteroatoms. The van der Waals surface area contributed by atoms with Crippen molar-refractivity contribution >= 4 is 5.95 Å². The van der Waals surface area contributed by atoms with E-state index in [1.165, 1.54) is 14.2 Å². The molecule has 0 aliphatic rings. The summed E-state index contributed by atoms with van der Waals surface area (Å²) in [4.78, 5) is 12.0. The van der Waals surface area contributed by atoms with Crippen molar-refractivity contribution in [2.75, 3.05) is 26.1 Å². The monoisotopic (exact) mass is 226 g/mol. The highest BCUT2D eigenvalue weighted by molar-refractivity contribution is 5.27. The highest BCUT2D eigenvalue weighted by atomic mass is 16.5. The molecule has 6 nitrogen and oxygen atoms in total. The van der Waals surface area contributed by atoms with Gasteiger partial charge in [0.2, 0.25) is 5.95 Å². The molecule has 0 bridgehead atoms. The van der Waals surface area contributed by atoms with E-state index in [1.54, 1.807) is 0 Å². The number of hydrogen-bond donors (Lipinski definition) is 1. The molecule has 0 aliphatic carbocycles. The molecule has 0 unspecified atom stereocenters. The summed E-state index contributed by atoms with van der Waals surface area (Å²) >= 11 is 0. The first-order chi connectivity index (χ1) is 7.65. The normalized spacial score (nSPS) is 10.3. The zero-order chi connectivity index (χ0) is 12.0. The maximum Gasteiger partial charge on any atom is 0.324 e. The van der Waals surface area contributed by atoms with Crippen molar-refractivity contribution in [1.82, 2.24) is 15.0 Å². The van der Waals surface area contributed by atoms with Crippen LogP contribution < -0.4 is 14.8 Å². The van der Waals surface area contributed by atoms with Crippen molar-refractivity contribution in [3.63, 3.8) is 0 Å². The Bertz CT molecular complexity index is 308. The smallest absolute Gasteiger partial charge is 0.324 e. The Morgan fingerprint density at radius 3 is 2.06 bits per heavy atom. The topological polar surface area (TPSA) is 69.2 Å². The number of anilines is 1. The molecular formula is C10H18N4O2. The molecule has 0 atom stereocenters. The Balaban J connectivity index is 2.64. The van der Waals surface area contributed by atoms with Crippen LogP contribution in [0.1, 0.15) is 20.3 Å². The fourth-order valence-electron chi connectivity index (χ4n) is 1.07. The number of ether oxygens (including phenoxy) is 2. The molecule has 0 amide bonds. The van der Waals surface area contributed by atoms with Crippen LogP contribution in [0.2, 0.25) is 0 Å². The summed E-state index contributed by atoms with van der Waals surface area (Å²) in [5, 5.41) is 3.10. The molecule has 0 spiro atoms. The molecule has 0 aliphatic heterocycles. The quantitative estimate of drug-likeness (QED) is 0.789. The molecule has 1 heterocycles. The van der Waals surface area contributed by atoms with Gasteiger partial charge < -0.3 is 14.8 Å². The Kier molecular flexibility index (Phi) is 4.75. The molecule has 0 aromatic carbocycles. The van der Waals surface area contributed by atoms with Crippen LogP contribution in [0.25, 0.3) is 0 Å². The lowest BCUT2D eigenvalue weighted by atomic mass is 10.1. The average Bonchev–Trinajstić information content (AvgIpc) is 2.28. The predicted molar refractivity (Wildman–Crippen MR) is 60.9 cm³/mol. The first-order valence-electron chi connectivity index (χ1n) is 5.23. The maximum atomic E-state index is 4.94. The summed E-state index contributed by atoms with van der Waals surface area (Å²) in [6, 6.07) is 0.498. The van der Waals surface area contributed by atoms with E-state index in [-0.39, 0.29) is 12.0 Å². The first kappa shape index (κ1) is 12.5. The summed E-state index contributed by atoms with van der Waals surface area (Å²) in [5.41, 5.74) is 0. The summed E-state index contributed by atoms with van der Waals surface area (Å²) in [6.07, 6.45) is 1.05. The van der Waals surface area contributed by atoms with Gasteiger partial charge in [0.25, 0.3) is 0 Å². The van der Waals surface area contributed by atoms with Gasteiger partial charge in [-0.3, -0.25) is 0 Å². The van der Waals surface area contributed by atoms with Crippen molar-refractivity contribution in [3.05, 3.63) is 0 Å². The van der Waals surface area contributed by atoms with Gasteiger partial charge in [-0.1, -0.05) is 13.8 Å². The summed E-state index contributed by atoms with van der Waals surface area (Å²) in [7, 11) is 3.01. The SMILES string of the molecule is COc1nc(NCCC(C)C)nc(OC)n1. The minimum absolute atomic E-state index is 0.249. The Labute approximate surface area is 95.4 Å². The second-order valence-electron chi connectivity index (χ2n) is 3.74. The minimum atomic E-state index is 0.249. The molecular weight excluding hydrogens is 208 g/mol. The maximum absolute atomic E-state index is 4.94. The van der Waals surface area contributed by atoms with Crippen LogP contribution in [-0.2, 0) is 0 Å². The van der Waals surface area contributed by atoms with E-state index in [2.05, 4.69) is 34.1 Å². The van der Waals surface area contributed by atoms with Crippen LogP contribution in [0.5, 0.6) is 12.0 Å². The van der Waals surface area contributed by atoms with Gasteiger partial charge in [-0.05, 0) is 12.3 Å². The molecule has 0 saturated carbocycles. The van der Waals surface area contributed by atoms with E-state index in [1.807, 2.05) is 0 Å². The molecule has 90 valence electrons. The van der Waals surface area contributed by atoms with Crippen LogP contribution in [0.3, 0.4) is 0 Å². The molecule has 16 heavy (non-hydrogen) atoms. The largest absolute Gasteiger partial charge is 0.467 e. The van der Waals surface area contributed by atoms with Crippen LogP contribution >= 0.6 is 0 Å². The Morgan fingerprint density at radius 1 is 1.06 bits per heavy atom. The lowest BCUT2D eigenvalue weighted by Crippen LogP contribution is -2.10. The molecule has 0 radical (unpaired) electrons. The second-order valence-corrected chi connectivity index (χ2v) is 3.74. The van der Waals surface area contributed by atoms with Crippen LogP contribution in [0.4, 0.5) is 5.95 Å². The predicted octanol–water partition coefficient (Wildman–Crippen LogP) is 1.35. The third kappa shape index (κ3) is 3.88. The van der Waals surface area contributed by atoms with Gasteiger partial charge in [-0.15, -0.1) is 4.98 Å². The van der Waals surface area contributed by atoms with Crippen LogP contribution in [-0.4, -0.2) is 35.7 Å². The van der Waals surface area contributed by atoms with Gasteiger partial charge in [-0.25, -0.2) is 0 Å². The summed E-state index contributed by atoms with van der Waals surface area (Å²) in [5.74, 6) is 1.11. The van der Waals surface area contributed by atoms with Gasteiger partial charge in [0.1, 0.15) is 0 Å². The van der Waals surface area contributed by atoms with Gasteiger partial charge in [0.05, 0.1) is 14.2 Å². The van der Waals surface area contributed by atoms with E-state index in [0.717, 1.165) is 13.0 Å². The van der Waals surface area contributed by atoms with Crippen LogP contribution in [0, 0.1) is 5.92 Å². The van der Waals surface area contributed by atoms with E-state index < -0.39 is 0 Å². The number of nitrogens with zero attached hydrogens (tertiary/aromatic N) is 3. The zero-order valence-electron chi connectivity index (χ0n) is 10.1. The number of hydrogen-bond acceptors (Lipinski definition) is 6. The highest BCUT2D eigenvalue weighted by Gasteiger charge is 2.06. The van der Waals surface area contributed by atoms with Crippen molar-refractivity contribution < 1.29 is 9.47 Å². The molecule has 1 aromatic rings. The first-order valence-corrected chi connectivity index (χ1v) is 5.23. The van der Waals surface area contributed by atoms with E-state index in [4.69, 9.17) is 9.47 Å². The number of rotatable bonds is 6. The minimum Gasteiger partial charge on any atom is -0.467 e. The fourth-order valence-corrected chi connectivity index (χ4v) is 1.07. The molecule has 1 rings (SSSR count). The van der Waals surface area contributed by atoms with Gasteiger partial charge >= 0.3 is 12.0 Å². The van der Waals surface area contributed by atoms with E-state index >= 15 is 0 Å². The summed E-state index contributed by atoms with van der Waals surface area (Å²) < 4.78 is 9.89. The third-order valence-electron chi connectivity index (χ3n) is 1.96. The van der Waals surface area contributed by atoms with Crippen molar-refractivity contribution in [1.29, 1.82) is 0 Å². The van der Waals surface area contributed by atoms with Gasteiger partial charge in [-0.2, -0.15) is 9.97 Å². The van der Waals surface area contributed by atoms with Crippen LogP contribution in [0.15, 0.2) is 0 Å². The van der Waals surface area contributed by atoms with Gasteiger partial charge in [0.15, 0.2) is 0 Å². The molecule has 0 fully saturated rings. The van der Waals surface area contributed by atoms with Gasteiger partial charge in [0, 0.05) is 6.54 Å². The summed E-state index contributed by atoms with van der Waals surface area (Å²) in [6.45, 7) is 5.14. The van der Waals surface area contributed by atoms with Crippen molar-refractivity contribution in [3.8, 4) is 12.0 Å². The number of methoxy groups -OCH3 is 2. The lowest BCUT2D eigenvalue weighted by Gasteiger charge is -2.08. The van der Waals surface area contributed by atoms with E-state index in [9.17, 15) is 0 Å². The number of aromatic nitrogens is 3. The second kappa shape index (κ2) is 6.09. The van der Waals surface area contributed by atoms with E-state index in [0.29, 0.717) is 11.9 Å². The standard InChI is InChI=1S/C10H18N4O2/c1-7(2)5-6-11-8-12-9(15-3)14-10(13-8)16-4/h7H,5-6H2,1-4H3,(H,11,12,13,14). The lowest BCUT2D eigenvalue weighted by molar-refractivity contribution is 0.341. The highest BCUT2D eigenvalue weighted by Crippen LogP contribution is 2.12. The molecule has 0 saturated heterocycles.